The molecule has 2 aromatic rings. The number of carbonyl (C=O) groups is 1. The number of ether oxygens (including phenoxy) is 1. The molecular weight excluding hydrogens is 322 g/mol. The highest BCUT2D eigenvalue weighted by atomic mass is 19.3. The summed E-state index contributed by atoms with van der Waals surface area (Å²) in [6, 6.07) is 2.93. The third kappa shape index (κ3) is 4.03. The van der Waals surface area contributed by atoms with E-state index in [0.717, 1.165) is 12.8 Å². The highest BCUT2D eigenvalue weighted by Gasteiger charge is 2.21. The van der Waals surface area contributed by atoms with Crippen molar-refractivity contribution >= 4 is 5.91 Å². The lowest BCUT2D eigenvalue weighted by atomic mass is 10.1. The molecule has 1 saturated heterocycles. The summed E-state index contributed by atoms with van der Waals surface area (Å²) in [7, 11) is 0. The van der Waals surface area contributed by atoms with Gasteiger partial charge in [0.2, 0.25) is 17.6 Å². The van der Waals surface area contributed by atoms with Gasteiger partial charge < -0.3 is 14.2 Å². The Kier molecular flexibility index (Phi) is 4.97. The van der Waals surface area contributed by atoms with Crippen molar-refractivity contribution in [1.82, 2.24) is 20.0 Å². The Morgan fingerprint density at radius 1 is 1.38 bits per heavy atom. The van der Waals surface area contributed by atoms with Crippen LogP contribution in [0.25, 0.3) is 11.5 Å². The van der Waals surface area contributed by atoms with E-state index in [2.05, 4.69) is 15.1 Å². The number of pyridine rings is 1. The second-order valence-corrected chi connectivity index (χ2v) is 5.36. The number of alkyl halides is 2. The van der Waals surface area contributed by atoms with Crippen LogP contribution in [0, 0.1) is 0 Å². The topological polar surface area (TPSA) is 81.4 Å². The quantitative estimate of drug-likeness (QED) is 0.804. The molecule has 0 bridgehead atoms. The largest absolute Gasteiger partial charge is 0.488 e. The zero-order valence-electron chi connectivity index (χ0n) is 12.8. The molecule has 1 aliphatic heterocycles. The highest BCUT2D eigenvalue weighted by Crippen LogP contribution is 2.20. The minimum absolute atomic E-state index is 0.0709. The number of rotatable bonds is 6. The summed E-state index contributed by atoms with van der Waals surface area (Å²) in [6.07, 6.45) is 1.25. The molecule has 1 amide bonds. The maximum absolute atomic E-state index is 12.2. The lowest BCUT2D eigenvalue weighted by molar-refractivity contribution is -0.134. The van der Waals surface area contributed by atoms with Crippen LogP contribution in [-0.4, -0.2) is 45.5 Å². The van der Waals surface area contributed by atoms with Crippen molar-refractivity contribution in [2.75, 3.05) is 13.2 Å². The van der Waals surface area contributed by atoms with Crippen molar-refractivity contribution in [3.63, 3.8) is 0 Å². The van der Waals surface area contributed by atoms with Crippen molar-refractivity contribution in [2.45, 2.75) is 32.2 Å². The standard InChI is InChI=1S/C15H16F2N4O3/c16-12(17)9-23-10-4-5-18-11(7-10)15-19-13(24-20-15)8-21-6-2-1-3-14(21)22/h4-5,7,12H,1-3,6,8-9H2. The van der Waals surface area contributed by atoms with Gasteiger partial charge in [-0.1, -0.05) is 5.16 Å². The molecule has 0 aromatic carbocycles. The maximum Gasteiger partial charge on any atom is 0.272 e. The molecule has 0 N–H and O–H groups in total. The van der Waals surface area contributed by atoms with Gasteiger partial charge in [-0.15, -0.1) is 0 Å². The molecule has 0 atom stereocenters. The van der Waals surface area contributed by atoms with Crippen LogP contribution in [0.5, 0.6) is 5.75 Å². The molecule has 0 unspecified atom stereocenters. The predicted molar refractivity (Wildman–Crippen MR) is 78.3 cm³/mol. The first kappa shape index (κ1) is 16.3. The number of likely N-dealkylation sites (tertiary alicyclic amines) is 1. The van der Waals surface area contributed by atoms with Crippen molar-refractivity contribution in [1.29, 1.82) is 0 Å². The SMILES string of the molecule is O=C1CCCCN1Cc1nc(-c2cc(OCC(F)F)ccn2)no1. The summed E-state index contributed by atoms with van der Waals surface area (Å²) in [4.78, 5) is 21.8. The lowest BCUT2D eigenvalue weighted by Crippen LogP contribution is -2.34. The molecule has 0 spiro atoms. The molecule has 1 aliphatic rings. The first-order chi connectivity index (χ1) is 11.6. The van der Waals surface area contributed by atoms with E-state index in [-0.39, 0.29) is 24.0 Å². The minimum atomic E-state index is -2.56. The van der Waals surface area contributed by atoms with Crippen LogP contribution in [0.3, 0.4) is 0 Å². The van der Waals surface area contributed by atoms with Gasteiger partial charge in [0, 0.05) is 25.2 Å². The molecule has 3 heterocycles. The first-order valence-corrected chi connectivity index (χ1v) is 7.59. The zero-order chi connectivity index (χ0) is 16.9. The fourth-order valence-electron chi connectivity index (χ4n) is 2.40. The summed E-state index contributed by atoms with van der Waals surface area (Å²) in [5.41, 5.74) is 0.349. The highest BCUT2D eigenvalue weighted by molar-refractivity contribution is 5.76. The molecule has 7 nitrogen and oxygen atoms in total. The molecule has 24 heavy (non-hydrogen) atoms. The van der Waals surface area contributed by atoms with Gasteiger partial charge >= 0.3 is 0 Å². The Morgan fingerprint density at radius 2 is 2.25 bits per heavy atom. The number of amides is 1. The average molecular weight is 338 g/mol. The zero-order valence-corrected chi connectivity index (χ0v) is 12.8. The van der Waals surface area contributed by atoms with E-state index in [1.54, 1.807) is 4.90 Å². The molecule has 3 rings (SSSR count). The van der Waals surface area contributed by atoms with Crippen molar-refractivity contribution in [2.24, 2.45) is 0 Å². The Balaban J connectivity index is 1.68. The van der Waals surface area contributed by atoms with E-state index < -0.39 is 13.0 Å². The van der Waals surface area contributed by atoms with E-state index in [4.69, 9.17) is 9.26 Å². The van der Waals surface area contributed by atoms with Gasteiger partial charge in [-0.05, 0) is 18.9 Å². The molecule has 0 aliphatic carbocycles. The smallest absolute Gasteiger partial charge is 0.272 e. The maximum atomic E-state index is 12.2. The van der Waals surface area contributed by atoms with Crippen molar-refractivity contribution in [3.05, 3.63) is 24.2 Å². The Hall–Kier alpha value is -2.58. The summed E-state index contributed by atoms with van der Waals surface area (Å²) < 4.78 is 34.5. The average Bonchev–Trinajstić information content (AvgIpc) is 3.04. The van der Waals surface area contributed by atoms with Gasteiger partial charge in [0.15, 0.2) is 0 Å². The van der Waals surface area contributed by atoms with E-state index >= 15 is 0 Å². The van der Waals surface area contributed by atoms with E-state index in [1.165, 1.54) is 18.3 Å². The Bertz CT molecular complexity index is 708. The number of piperidine rings is 1. The van der Waals surface area contributed by atoms with Crippen LogP contribution < -0.4 is 4.74 Å². The van der Waals surface area contributed by atoms with Gasteiger partial charge in [0.1, 0.15) is 18.1 Å². The molecule has 9 heteroatoms. The number of hydrogen-bond acceptors (Lipinski definition) is 6. The molecule has 1 fully saturated rings. The monoisotopic (exact) mass is 338 g/mol. The fourth-order valence-corrected chi connectivity index (χ4v) is 2.40. The van der Waals surface area contributed by atoms with Gasteiger partial charge in [-0.25, -0.2) is 8.78 Å². The summed E-state index contributed by atoms with van der Waals surface area (Å²) >= 11 is 0. The first-order valence-electron chi connectivity index (χ1n) is 7.59. The summed E-state index contributed by atoms with van der Waals surface area (Å²) in [5.74, 6) is 0.845. The Morgan fingerprint density at radius 3 is 3.04 bits per heavy atom. The third-order valence-corrected chi connectivity index (χ3v) is 3.55. The van der Waals surface area contributed by atoms with E-state index in [1.807, 2.05) is 0 Å². The van der Waals surface area contributed by atoms with Crippen LogP contribution in [-0.2, 0) is 11.3 Å². The molecule has 0 saturated carbocycles. The number of aromatic nitrogens is 3. The van der Waals surface area contributed by atoms with Crippen LogP contribution in [0.4, 0.5) is 8.78 Å². The Labute approximate surface area is 136 Å². The molecule has 2 aromatic heterocycles. The number of halogens is 2. The van der Waals surface area contributed by atoms with Crippen LogP contribution in [0.1, 0.15) is 25.2 Å². The van der Waals surface area contributed by atoms with E-state index in [0.29, 0.717) is 24.6 Å². The second kappa shape index (κ2) is 7.33. The predicted octanol–water partition coefficient (Wildman–Crippen LogP) is 2.29. The summed E-state index contributed by atoms with van der Waals surface area (Å²) in [6.45, 7) is 0.233. The van der Waals surface area contributed by atoms with Crippen molar-refractivity contribution in [3.8, 4) is 17.3 Å². The number of carbonyl (C=O) groups excluding carboxylic acids is 1. The van der Waals surface area contributed by atoms with Crippen molar-refractivity contribution < 1.29 is 22.8 Å². The summed E-state index contributed by atoms with van der Waals surface area (Å²) in [5, 5.41) is 3.82. The fraction of sp³-hybridized carbons (Fsp3) is 0.467. The minimum Gasteiger partial charge on any atom is -0.488 e. The molecular formula is C15H16F2N4O3. The van der Waals surface area contributed by atoms with Gasteiger partial charge in [0.05, 0.1) is 6.54 Å². The second-order valence-electron chi connectivity index (χ2n) is 5.36. The van der Waals surface area contributed by atoms with Gasteiger partial charge in [-0.2, -0.15) is 4.98 Å². The van der Waals surface area contributed by atoms with Crippen LogP contribution in [0.15, 0.2) is 22.9 Å². The number of nitrogens with zero attached hydrogens (tertiary/aromatic N) is 4. The van der Waals surface area contributed by atoms with Gasteiger partial charge in [-0.3, -0.25) is 9.78 Å². The van der Waals surface area contributed by atoms with Crippen LogP contribution in [0.2, 0.25) is 0 Å². The molecule has 0 radical (unpaired) electrons. The lowest BCUT2D eigenvalue weighted by Gasteiger charge is -2.24. The molecule has 128 valence electrons. The number of hydrogen-bond donors (Lipinski definition) is 0. The van der Waals surface area contributed by atoms with Crippen LogP contribution >= 0.6 is 0 Å². The van der Waals surface area contributed by atoms with E-state index in [9.17, 15) is 13.6 Å². The van der Waals surface area contributed by atoms with Gasteiger partial charge in [0.25, 0.3) is 6.43 Å². The third-order valence-electron chi connectivity index (χ3n) is 3.55. The normalized spacial score (nSPS) is 15.1.